The van der Waals surface area contributed by atoms with Crippen LogP contribution < -0.4 is 0 Å². The highest BCUT2D eigenvalue weighted by atomic mass is 16.5. The van der Waals surface area contributed by atoms with Crippen LogP contribution in [0.1, 0.15) is 40.0 Å². The van der Waals surface area contributed by atoms with Crippen molar-refractivity contribution >= 4 is 5.91 Å². The van der Waals surface area contributed by atoms with E-state index in [-0.39, 0.29) is 11.5 Å². The standard InChI is InChI=1S/C13H23NO2/c1-13(2,3)8-11-9-14(6-7-16-11)12(15)10-4-5-10/h10-11H,4-9H2,1-3H3. The molecule has 1 unspecified atom stereocenters. The summed E-state index contributed by atoms with van der Waals surface area (Å²) in [5.41, 5.74) is 0.274. The fourth-order valence-corrected chi connectivity index (χ4v) is 2.31. The van der Waals surface area contributed by atoms with Crippen LogP contribution in [-0.2, 0) is 9.53 Å². The Morgan fingerprint density at radius 2 is 2.06 bits per heavy atom. The fourth-order valence-electron chi connectivity index (χ4n) is 2.31. The van der Waals surface area contributed by atoms with Crippen molar-refractivity contribution in [2.75, 3.05) is 19.7 Å². The predicted octanol–water partition coefficient (Wildman–Crippen LogP) is 2.06. The summed E-state index contributed by atoms with van der Waals surface area (Å²) in [6.07, 6.45) is 3.46. The SMILES string of the molecule is CC(C)(C)CC1CN(C(=O)C2CC2)CCO1. The molecule has 3 heteroatoms. The summed E-state index contributed by atoms with van der Waals surface area (Å²) in [7, 11) is 0. The molecule has 0 aromatic carbocycles. The lowest BCUT2D eigenvalue weighted by Gasteiger charge is -2.36. The molecule has 92 valence electrons. The van der Waals surface area contributed by atoms with Crippen LogP contribution in [0.5, 0.6) is 0 Å². The average molecular weight is 225 g/mol. The molecular weight excluding hydrogens is 202 g/mol. The summed E-state index contributed by atoms with van der Waals surface area (Å²) >= 11 is 0. The third kappa shape index (κ3) is 3.21. The number of morpholine rings is 1. The minimum Gasteiger partial charge on any atom is -0.375 e. The van der Waals surface area contributed by atoms with Gasteiger partial charge in [-0.15, -0.1) is 0 Å². The maximum atomic E-state index is 11.9. The molecule has 2 aliphatic rings. The van der Waals surface area contributed by atoms with Gasteiger partial charge in [0.2, 0.25) is 5.91 Å². The van der Waals surface area contributed by atoms with Crippen molar-refractivity contribution in [3.8, 4) is 0 Å². The number of carbonyl (C=O) groups is 1. The van der Waals surface area contributed by atoms with Gasteiger partial charge in [0, 0.05) is 19.0 Å². The molecule has 0 aromatic heterocycles. The van der Waals surface area contributed by atoms with Crippen LogP contribution in [0, 0.1) is 11.3 Å². The molecule has 0 spiro atoms. The Labute approximate surface area is 98.1 Å². The van der Waals surface area contributed by atoms with Crippen molar-refractivity contribution in [2.24, 2.45) is 11.3 Å². The molecule has 1 heterocycles. The summed E-state index contributed by atoms with van der Waals surface area (Å²) in [6.45, 7) is 8.95. The minimum atomic E-state index is 0.233. The van der Waals surface area contributed by atoms with Crippen LogP contribution in [0.2, 0.25) is 0 Å². The quantitative estimate of drug-likeness (QED) is 0.720. The molecule has 1 amide bonds. The molecule has 0 N–H and O–H groups in total. The third-order valence-corrected chi connectivity index (χ3v) is 3.22. The maximum absolute atomic E-state index is 11.9. The topological polar surface area (TPSA) is 29.5 Å². The molecule has 3 nitrogen and oxygen atoms in total. The number of nitrogens with zero attached hydrogens (tertiary/aromatic N) is 1. The molecular formula is C13H23NO2. The highest BCUT2D eigenvalue weighted by molar-refractivity contribution is 5.81. The van der Waals surface area contributed by atoms with E-state index in [0.29, 0.717) is 18.4 Å². The van der Waals surface area contributed by atoms with Gasteiger partial charge in [-0.05, 0) is 24.7 Å². The van der Waals surface area contributed by atoms with E-state index in [1.165, 1.54) is 0 Å². The first-order chi connectivity index (χ1) is 7.46. The molecule has 1 saturated carbocycles. The zero-order chi connectivity index (χ0) is 11.8. The highest BCUT2D eigenvalue weighted by Crippen LogP contribution is 2.32. The summed E-state index contributed by atoms with van der Waals surface area (Å²) in [6, 6.07) is 0. The molecule has 0 radical (unpaired) electrons. The lowest BCUT2D eigenvalue weighted by Crippen LogP contribution is -2.47. The van der Waals surface area contributed by atoms with E-state index in [1.807, 2.05) is 4.90 Å². The minimum absolute atomic E-state index is 0.233. The van der Waals surface area contributed by atoms with Gasteiger partial charge in [0.15, 0.2) is 0 Å². The van der Waals surface area contributed by atoms with Gasteiger partial charge < -0.3 is 9.64 Å². The van der Waals surface area contributed by atoms with Crippen LogP contribution in [-0.4, -0.2) is 36.6 Å². The van der Waals surface area contributed by atoms with Crippen molar-refractivity contribution < 1.29 is 9.53 Å². The first kappa shape index (κ1) is 11.9. The Morgan fingerprint density at radius 1 is 1.38 bits per heavy atom. The van der Waals surface area contributed by atoms with Crippen molar-refractivity contribution in [1.82, 2.24) is 4.90 Å². The van der Waals surface area contributed by atoms with Crippen LogP contribution >= 0.6 is 0 Å². The van der Waals surface area contributed by atoms with E-state index in [0.717, 1.165) is 32.4 Å². The summed E-state index contributed by atoms with van der Waals surface area (Å²) in [5.74, 6) is 0.704. The number of amides is 1. The maximum Gasteiger partial charge on any atom is 0.225 e. The monoisotopic (exact) mass is 225 g/mol. The molecule has 1 aliphatic carbocycles. The van der Waals surface area contributed by atoms with Crippen molar-refractivity contribution in [3.63, 3.8) is 0 Å². The summed E-state index contributed by atoms with van der Waals surface area (Å²) in [5, 5.41) is 0. The Morgan fingerprint density at radius 3 is 2.62 bits per heavy atom. The number of carbonyl (C=O) groups excluding carboxylic acids is 1. The highest BCUT2D eigenvalue weighted by Gasteiger charge is 2.36. The van der Waals surface area contributed by atoms with Gasteiger partial charge in [0.1, 0.15) is 0 Å². The molecule has 1 aliphatic heterocycles. The lowest BCUT2D eigenvalue weighted by molar-refractivity contribution is -0.141. The van der Waals surface area contributed by atoms with Gasteiger partial charge in [-0.25, -0.2) is 0 Å². The Hall–Kier alpha value is -0.570. The zero-order valence-electron chi connectivity index (χ0n) is 10.7. The molecule has 2 rings (SSSR count). The first-order valence-corrected chi connectivity index (χ1v) is 6.36. The van der Waals surface area contributed by atoms with Crippen LogP contribution in [0.3, 0.4) is 0 Å². The van der Waals surface area contributed by atoms with E-state index < -0.39 is 0 Å². The second-order valence-electron chi connectivity index (χ2n) is 6.32. The zero-order valence-corrected chi connectivity index (χ0v) is 10.7. The normalized spacial score (nSPS) is 26.9. The molecule has 2 fully saturated rings. The average Bonchev–Trinajstić information content (AvgIpc) is 2.97. The Bertz CT molecular complexity index is 266. The summed E-state index contributed by atoms with van der Waals surface area (Å²) in [4.78, 5) is 14.0. The van der Waals surface area contributed by atoms with Crippen LogP contribution in [0.25, 0.3) is 0 Å². The van der Waals surface area contributed by atoms with E-state index in [1.54, 1.807) is 0 Å². The Kier molecular flexibility index (Phi) is 3.24. The lowest BCUT2D eigenvalue weighted by atomic mass is 9.88. The van der Waals surface area contributed by atoms with Crippen molar-refractivity contribution in [1.29, 1.82) is 0 Å². The van der Waals surface area contributed by atoms with Gasteiger partial charge in [-0.1, -0.05) is 20.8 Å². The Balaban J connectivity index is 1.86. The van der Waals surface area contributed by atoms with Crippen LogP contribution in [0.15, 0.2) is 0 Å². The first-order valence-electron chi connectivity index (χ1n) is 6.36. The van der Waals surface area contributed by atoms with Gasteiger partial charge >= 0.3 is 0 Å². The van der Waals surface area contributed by atoms with Crippen molar-refractivity contribution in [2.45, 2.75) is 46.1 Å². The van der Waals surface area contributed by atoms with Gasteiger partial charge in [-0.3, -0.25) is 4.79 Å². The summed E-state index contributed by atoms with van der Waals surface area (Å²) < 4.78 is 5.74. The van der Waals surface area contributed by atoms with Crippen LogP contribution in [0.4, 0.5) is 0 Å². The molecule has 0 bridgehead atoms. The number of rotatable bonds is 2. The number of hydrogen-bond donors (Lipinski definition) is 0. The van der Waals surface area contributed by atoms with Gasteiger partial charge in [0.05, 0.1) is 12.7 Å². The number of ether oxygens (including phenoxy) is 1. The van der Waals surface area contributed by atoms with E-state index >= 15 is 0 Å². The second kappa shape index (κ2) is 4.36. The van der Waals surface area contributed by atoms with E-state index in [4.69, 9.17) is 4.74 Å². The fraction of sp³-hybridized carbons (Fsp3) is 0.923. The van der Waals surface area contributed by atoms with E-state index in [2.05, 4.69) is 20.8 Å². The molecule has 0 aromatic rings. The number of hydrogen-bond acceptors (Lipinski definition) is 2. The second-order valence-corrected chi connectivity index (χ2v) is 6.32. The van der Waals surface area contributed by atoms with E-state index in [9.17, 15) is 4.79 Å². The third-order valence-electron chi connectivity index (χ3n) is 3.22. The van der Waals surface area contributed by atoms with Gasteiger partial charge in [0.25, 0.3) is 0 Å². The molecule has 1 atom stereocenters. The van der Waals surface area contributed by atoms with Crippen molar-refractivity contribution in [3.05, 3.63) is 0 Å². The smallest absolute Gasteiger partial charge is 0.225 e. The largest absolute Gasteiger partial charge is 0.375 e. The van der Waals surface area contributed by atoms with Gasteiger partial charge in [-0.2, -0.15) is 0 Å². The predicted molar refractivity (Wildman–Crippen MR) is 63.1 cm³/mol. The molecule has 16 heavy (non-hydrogen) atoms. The molecule has 1 saturated heterocycles.